The third-order valence-corrected chi connectivity index (χ3v) is 6.61. The predicted octanol–water partition coefficient (Wildman–Crippen LogP) is 8.04. The molecule has 6 rings (SSSR count). The van der Waals surface area contributed by atoms with Crippen LogP contribution < -0.4 is 4.90 Å². The molecule has 2 nitrogen and oxygen atoms in total. The summed E-state index contributed by atoms with van der Waals surface area (Å²) in [5.74, 6) is 0. The maximum Gasteiger partial charge on any atom is 0.0838 e. The first-order valence-corrected chi connectivity index (χ1v) is 11.1. The van der Waals surface area contributed by atoms with Crippen LogP contribution >= 0.6 is 0 Å². The van der Waals surface area contributed by atoms with Gasteiger partial charge in [0.05, 0.1) is 12.2 Å². The Hall–Kier alpha value is -3.36. The zero-order valence-electron chi connectivity index (χ0n) is 17.7. The zero-order chi connectivity index (χ0) is 20.8. The van der Waals surface area contributed by atoms with E-state index in [0.29, 0.717) is 12.2 Å². The molecule has 2 atom stereocenters. The lowest BCUT2D eigenvalue weighted by Gasteiger charge is -2.26. The van der Waals surface area contributed by atoms with Crippen molar-refractivity contribution in [1.82, 2.24) is 0 Å². The highest BCUT2D eigenvalue weighted by molar-refractivity contribution is 5.79. The van der Waals surface area contributed by atoms with Gasteiger partial charge < -0.3 is 9.64 Å². The molecule has 2 unspecified atom stereocenters. The van der Waals surface area contributed by atoms with Crippen LogP contribution in [-0.4, -0.2) is 0 Å². The fourth-order valence-corrected chi connectivity index (χ4v) is 5.12. The lowest BCUT2D eigenvalue weighted by Crippen LogP contribution is -2.10. The van der Waals surface area contributed by atoms with Crippen molar-refractivity contribution in [2.24, 2.45) is 0 Å². The molecule has 152 valence electrons. The van der Waals surface area contributed by atoms with Gasteiger partial charge in [-0.3, -0.25) is 0 Å². The number of aryl methyl sites for hydroxylation is 1. The van der Waals surface area contributed by atoms with E-state index in [-0.39, 0.29) is 0 Å². The van der Waals surface area contributed by atoms with Gasteiger partial charge in [0.15, 0.2) is 0 Å². The molecule has 1 fully saturated rings. The minimum absolute atomic E-state index is 0.297. The van der Waals surface area contributed by atoms with Gasteiger partial charge in [-0.2, -0.15) is 0 Å². The number of ether oxygens (including phenoxy) is 1. The van der Waals surface area contributed by atoms with Gasteiger partial charge in [0.1, 0.15) is 0 Å². The number of para-hydroxylation sites is 2. The highest BCUT2D eigenvalue weighted by Crippen LogP contribution is 2.51. The Morgan fingerprint density at radius 3 is 1.94 bits per heavy atom. The topological polar surface area (TPSA) is 12.5 Å². The highest BCUT2D eigenvalue weighted by atomic mass is 16.5. The standard InChI is InChI=1S/C29H25NO/c1-20-18-24(30(22-8-4-2-5-9-22)23-10-6-3-7-11-23)13-15-25(20)21-12-14-26-27(19-21)29-17-16-28(26)31-29/h2-15,18-19,28-29H,16-17H2,1H3. The van der Waals surface area contributed by atoms with E-state index < -0.39 is 0 Å². The molecular formula is C29H25NO. The molecule has 0 spiro atoms. The third-order valence-electron chi connectivity index (χ3n) is 6.61. The molecule has 2 bridgehead atoms. The van der Waals surface area contributed by atoms with Crippen LogP contribution in [-0.2, 0) is 4.74 Å². The smallest absolute Gasteiger partial charge is 0.0838 e. The molecule has 4 aromatic rings. The molecule has 0 saturated carbocycles. The van der Waals surface area contributed by atoms with Crippen molar-refractivity contribution in [3.8, 4) is 11.1 Å². The van der Waals surface area contributed by atoms with Crippen LogP contribution in [0.4, 0.5) is 17.1 Å². The molecule has 0 aliphatic carbocycles. The highest BCUT2D eigenvalue weighted by Gasteiger charge is 2.37. The van der Waals surface area contributed by atoms with Crippen LogP contribution in [0.5, 0.6) is 0 Å². The molecule has 2 aliphatic rings. The Balaban J connectivity index is 1.41. The van der Waals surface area contributed by atoms with E-state index in [1.165, 1.54) is 39.9 Å². The van der Waals surface area contributed by atoms with Gasteiger partial charge in [-0.1, -0.05) is 54.6 Å². The molecular weight excluding hydrogens is 378 g/mol. The van der Waals surface area contributed by atoms with Crippen molar-refractivity contribution in [2.45, 2.75) is 32.0 Å². The number of benzene rings is 4. The molecule has 1 saturated heterocycles. The number of anilines is 3. The second-order valence-corrected chi connectivity index (χ2v) is 8.54. The predicted molar refractivity (Wildman–Crippen MR) is 127 cm³/mol. The summed E-state index contributed by atoms with van der Waals surface area (Å²) in [6.07, 6.45) is 2.94. The van der Waals surface area contributed by atoms with E-state index in [9.17, 15) is 0 Å². The van der Waals surface area contributed by atoms with E-state index in [1.54, 1.807) is 0 Å². The van der Waals surface area contributed by atoms with Gasteiger partial charge in [0.2, 0.25) is 0 Å². The summed E-state index contributed by atoms with van der Waals surface area (Å²) in [5, 5.41) is 0. The number of fused-ring (bicyclic) bond motifs is 5. The molecule has 4 aromatic carbocycles. The van der Waals surface area contributed by atoms with E-state index in [4.69, 9.17) is 4.74 Å². The average Bonchev–Trinajstić information content (AvgIpc) is 3.43. The van der Waals surface area contributed by atoms with E-state index in [2.05, 4.69) is 109 Å². The van der Waals surface area contributed by atoms with Crippen LogP contribution in [0.2, 0.25) is 0 Å². The summed E-state index contributed by atoms with van der Waals surface area (Å²) < 4.78 is 6.11. The molecule has 0 radical (unpaired) electrons. The van der Waals surface area contributed by atoms with Crippen molar-refractivity contribution in [3.63, 3.8) is 0 Å². The molecule has 0 amide bonds. The van der Waals surface area contributed by atoms with Crippen molar-refractivity contribution < 1.29 is 4.74 Å². The Morgan fingerprint density at radius 1 is 0.645 bits per heavy atom. The molecule has 31 heavy (non-hydrogen) atoms. The first-order chi connectivity index (χ1) is 15.3. The fraction of sp³-hybridized carbons (Fsp3) is 0.172. The summed E-state index contributed by atoms with van der Waals surface area (Å²) in [6, 6.07) is 34.8. The van der Waals surface area contributed by atoms with Gasteiger partial charge in [0, 0.05) is 17.1 Å². The van der Waals surface area contributed by atoms with Crippen LogP contribution in [0.15, 0.2) is 97.1 Å². The first-order valence-electron chi connectivity index (χ1n) is 11.1. The van der Waals surface area contributed by atoms with Crippen molar-refractivity contribution >= 4 is 17.1 Å². The average molecular weight is 404 g/mol. The number of rotatable bonds is 4. The summed E-state index contributed by atoms with van der Waals surface area (Å²) in [5.41, 5.74) is 10.1. The minimum atomic E-state index is 0.297. The number of hydrogen-bond acceptors (Lipinski definition) is 2. The van der Waals surface area contributed by atoms with Gasteiger partial charge >= 0.3 is 0 Å². The van der Waals surface area contributed by atoms with Crippen LogP contribution in [0, 0.1) is 6.92 Å². The quantitative estimate of drug-likeness (QED) is 0.342. The zero-order valence-corrected chi connectivity index (χ0v) is 17.7. The van der Waals surface area contributed by atoms with Gasteiger partial charge in [0.25, 0.3) is 0 Å². The van der Waals surface area contributed by atoms with Crippen molar-refractivity contribution in [1.29, 1.82) is 0 Å². The fourth-order valence-electron chi connectivity index (χ4n) is 5.12. The summed E-state index contributed by atoms with van der Waals surface area (Å²) in [7, 11) is 0. The van der Waals surface area contributed by atoms with E-state index >= 15 is 0 Å². The molecule has 0 aromatic heterocycles. The number of hydrogen-bond donors (Lipinski definition) is 0. The third kappa shape index (κ3) is 3.15. The van der Waals surface area contributed by atoms with Crippen molar-refractivity contribution in [3.05, 3.63) is 114 Å². The second-order valence-electron chi connectivity index (χ2n) is 8.54. The molecule has 0 N–H and O–H groups in total. The van der Waals surface area contributed by atoms with Gasteiger partial charge in [-0.15, -0.1) is 0 Å². The van der Waals surface area contributed by atoms with E-state index in [0.717, 1.165) is 17.8 Å². The maximum absolute atomic E-state index is 6.11. The van der Waals surface area contributed by atoms with Crippen LogP contribution in [0.25, 0.3) is 11.1 Å². The van der Waals surface area contributed by atoms with Crippen LogP contribution in [0.3, 0.4) is 0 Å². The Labute approximate surface area is 183 Å². The molecule has 2 aliphatic heterocycles. The maximum atomic E-state index is 6.11. The first kappa shape index (κ1) is 18.4. The molecule has 2 heterocycles. The Kier molecular flexibility index (Phi) is 4.40. The summed E-state index contributed by atoms with van der Waals surface area (Å²) in [4.78, 5) is 2.31. The van der Waals surface area contributed by atoms with E-state index in [1.807, 2.05) is 0 Å². The van der Waals surface area contributed by atoms with Gasteiger partial charge in [-0.05, 0) is 90.0 Å². The van der Waals surface area contributed by atoms with Gasteiger partial charge in [-0.25, -0.2) is 0 Å². The monoisotopic (exact) mass is 403 g/mol. The SMILES string of the molecule is Cc1cc(N(c2ccccc2)c2ccccc2)ccc1-c1ccc2c(c1)C1CCC2O1. The summed E-state index contributed by atoms with van der Waals surface area (Å²) in [6.45, 7) is 2.21. The summed E-state index contributed by atoms with van der Waals surface area (Å²) >= 11 is 0. The second kappa shape index (κ2) is 7.40. The van der Waals surface area contributed by atoms with Crippen molar-refractivity contribution in [2.75, 3.05) is 4.90 Å². The Bertz CT molecular complexity index is 1190. The Morgan fingerprint density at radius 2 is 1.29 bits per heavy atom. The van der Waals surface area contributed by atoms with Crippen LogP contribution in [0.1, 0.15) is 41.7 Å². The largest absolute Gasteiger partial charge is 0.366 e. The lowest BCUT2D eigenvalue weighted by atomic mass is 9.88. The number of nitrogens with zero attached hydrogens (tertiary/aromatic N) is 1. The normalized spacial score (nSPS) is 18.7. The minimum Gasteiger partial charge on any atom is -0.366 e. The molecule has 2 heteroatoms. The lowest BCUT2D eigenvalue weighted by molar-refractivity contribution is 0.0717.